The number of allylic oxidation sites excluding steroid dienone is 2. The molecule has 0 spiro atoms. The Morgan fingerprint density at radius 1 is 1.24 bits per heavy atom. The van der Waals surface area contributed by atoms with Gasteiger partial charge in [-0.15, -0.1) is 0 Å². The fourth-order valence-electron chi connectivity index (χ4n) is 5.46. The van der Waals surface area contributed by atoms with Crippen LogP contribution in [0.1, 0.15) is 88.5 Å². The Hall–Kier alpha value is -2.23. The number of aliphatic imine (C=N–C) groups is 2. The van der Waals surface area contributed by atoms with Crippen molar-refractivity contribution in [1.29, 1.82) is 0 Å². The number of hydrogen-bond donors (Lipinski definition) is 0. The minimum absolute atomic E-state index is 0. The van der Waals surface area contributed by atoms with Crippen LogP contribution in [-0.4, -0.2) is 31.4 Å². The van der Waals surface area contributed by atoms with E-state index in [0.29, 0.717) is 42.3 Å². The van der Waals surface area contributed by atoms with E-state index < -0.39 is 0 Å². The number of rotatable bonds is 9. The maximum Gasteiger partial charge on any atom is 0.133 e. The molecule has 0 amide bonds. The van der Waals surface area contributed by atoms with Gasteiger partial charge in [0.2, 0.25) is 0 Å². The topological polar surface area (TPSA) is 51.0 Å². The number of nitrogens with zero attached hydrogens (tertiary/aromatic N) is 2. The lowest BCUT2D eigenvalue weighted by Crippen LogP contribution is -2.21. The largest absolute Gasteiger partial charge is 0.491 e. The monoisotopic (exact) mass is 470 g/mol. The number of carbonyl (C=O) groups excluding carboxylic acids is 1. The molecule has 4 heteroatoms. The standard InChI is InChI=1S/C29H42N2O2.CH4.2H2/c1-20(2)33-28-12-7-6-10-24(28)13-14-26(32)17-23-9-8-11-25(16-23)29-27(19-30-5)22(4)15-21(3)18-31-29;;;/h6-7,10,12,18-23,25H,8-9,11,13-17H2,1-5H3;1H4;2*1H/t21?,22?,23-,25?;;;/m1.../s1. The molecule has 0 N–H and O–H groups in total. The summed E-state index contributed by atoms with van der Waals surface area (Å²) in [6.45, 7) is 8.62. The van der Waals surface area contributed by atoms with Gasteiger partial charge in [-0.1, -0.05) is 45.9 Å². The van der Waals surface area contributed by atoms with Crippen molar-refractivity contribution in [1.82, 2.24) is 0 Å². The van der Waals surface area contributed by atoms with Crippen LogP contribution in [0.3, 0.4) is 0 Å². The fourth-order valence-corrected chi connectivity index (χ4v) is 5.46. The second-order valence-corrected chi connectivity index (χ2v) is 10.4. The fraction of sp³-hybridized carbons (Fsp3) is 0.633. The van der Waals surface area contributed by atoms with Crippen molar-refractivity contribution in [2.45, 2.75) is 92.6 Å². The van der Waals surface area contributed by atoms with Gasteiger partial charge in [0, 0.05) is 46.8 Å². The first kappa shape index (κ1) is 28.0. The average Bonchev–Trinajstić information content (AvgIpc) is 2.91. The van der Waals surface area contributed by atoms with E-state index in [4.69, 9.17) is 9.73 Å². The predicted octanol–water partition coefficient (Wildman–Crippen LogP) is 8.00. The lowest BCUT2D eigenvalue weighted by Gasteiger charge is -2.30. The van der Waals surface area contributed by atoms with Gasteiger partial charge in [-0.3, -0.25) is 14.8 Å². The summed E-state index contributed by atoms with van der Waals surface area (Å²) in [7, 11) is 1.85. The first-order valence-electron chi connectivity index (χ1n) is 12.8. The molecule has 0 bridgehead atoms. The molecule has 2 aliphatic rings. The Morgan fingerprint density at radius 2 is 2.00 bits per heavy atom. The highest BCUT2D eigenvalue weighted by Gasteiger charge is 2.30. The van der Waals surface area contributed by atoms with E-state index in [1.54, 1.807) is 0 Å². The van der Waals surface area contributed by atoms with E-state index in [9.17, 15) is 4.79 Å². The molecule has 0 saturated heterocycles. The minimum Gasteiger partial charge on any atom is -0.491 e. The highest BCUT2D eigenvalue weighted by atomic mass is 16.5. The van der Waals surface area contributed by atoms with Crippen LogP contribution in [0.5, 0.6) is 5.75 Å². The Labute approximate surface area is 211 Å². The van der Waals surface area contributed by atoms with Crippen LogP contribution in [0, 0.1) is 23.7 Å². The van der Waals surface area contributed by atoms with Crippen LogP contribution in [-0.2, 0) is 11.2 Å². The molecule has 192 valence electrons. The Balaban J connectivity index is 0.00000408. The van der Waals surface area contributed by atoms with E-state index in [-0.39, 0.29) is 16.4 Å². The molecule has 4 nitrogen and oxygen atoms in total. The summed E-state index contributed by atoms with van der Waals surface area (Å²) in [5, 5.41) is 0. The number of hydrogen-bond acceptors (Lipinski definition) is 4. The Morgan fingerprint density at radius 3 is 2.74 bits per heavy atom. The van der Waals surface area contributed by atoms with Crippen molar-refractivity contribution in [2.75, 3.05) is 7.05 Å². The Bertz CT molecular complexity index is 895. The van der Waals surface area contributed by atoms with Crippen LogP contribution >= 0.6 is 0 Å². The molecule has 1 saturated carbocycles. The van der Waals surface area contributed by atoms with E-state index in [1.807, 2.05) is 45.3 Å². The lowest BCUT2D eigenvalue weighted by molar-refractivity contribution is -0.120. The number of carbonyl (C=O) groups is 1. The third-order valence-corrected chi connectivity index (χ3v) is 6.98. The van der Waals surface area contributed by atoms with E-state index in [2.05, 4.69) is 31.1 Å². The van der Waals surface area contributed by atoms with Gasteiger partial charge in [0.15, 0.2) is 0 Å². The third kappa shape index (κ3) is 7.92. The molecule has 0 aromatic heterocycles. The second kappa shape index (κ2) is 13.6. The van der Waals surface area contributed by atoms with Gasteiger partial charge in [0.25, 0.3) is 0 Å². The zero-order chi connectivity index (χ0) is 23.8. The van der Waals surface area contributed by atoms with Gasteiger partial charge in [0.1, 0.15) is 11.5 Å². The van der Waals surface area contributed by atoms with E-state index >= 15 is 0 Å². The first-order valence-corrected chi connectivity index (χ1v) is 12.8. The number of ketones is 1. The lowest BCUT2D eigenvalue weighted by atomic mass is 9.76. The number of aryl methyl sites for hydroxylation is 1. The van der Waals surface area contributed by atoms with Crippen molar-refractivity contribution < 1.29 is 12.4 Å². The van der Waals surface area contributed by atoms with Crippen molar-refractivity contribution >= 4 is 18.2 Å². The number of ether oxygens (including phenoxy) is 1. The van der Waals surface area contributed by atoms with E-state index in [1.165, 1.54) is 24.1 Å². The molecular weight excluding hydrogens is 420 g/mol. The molecule has 1 aromatic carbocycles. The van der Waals surface area contributed by atoms with Crippen molar-refractivity contribution in [3.05, 3.63) is 41.1 Å². The predicted molar refractivity (Wildman–Crippen MR) is 149 cm³/mol. The number of Topliss-reactive ketones (excluding diaryl/α,β-unsaturated/α-hetero) is 1. The molecule has 1 fully saturated rings. The van der Waals surface area contributed by atoms with Crippen LogP contribution in [0.25, 0.3) is 0 Å². The molecule has 4 atom stereocenters. The average molecular weight is 471 g/mol. The van der Waals surface area contributed by atoms with Crippen LogP contribution in [0.4, 0.5) is 0 Å². The maximum atomic E-state index is 12.9. The molecular formula is C30H50N2O2. The number of benzene rings is 1. The van der Waals surface area contributed by atoms with Gasteiger partial charge in [-0.2, -0.15) is 0 Å². The Kier molecular flexibility index (Phi) is 11.2. The van der Waals surface area contributed by atoms with Crippen LogP contribution in [0.2, 0.25) is 0 Å². The van der Waals surface area contributed by atoms with Gasteiger partial charge >= 0.3 is 0 Å². The molecule has 3 rings (SSSR count). The van der Waals surface area contributed by atoms with Crippen LogP contribution in [0.15, 0.2) is 45.5 Å². The van der Waals surface area contributed by atoms with Crippen molar-refractivity contribution in [3.63, 3.8) is 0 Å². The zero-order valence-corrected chi connectivity index (χ0v) is 21.2. The van der Waals surface area contributed by atoms with Gasteiger partial charge < -0.3 is 4.74 Å². The maximum absolute atomic E-state index is 12.9. The van der Waals surface area contributed by atoms with Gasteiger partial charge in [0.05, 0.1) is 6.10 Å². The summed E-state index contributed by atoms with van der Waals surface area (Å²) < 4.78 is 5.92. The molecule has 0 radical (unpaired) electrons. The molecule has 1 heterocycles. The highest BCUT2D eigenvalue weighted by Crippen LogP contribution is 2.39. The van der Waals surface area contributed by atoms with Crippen LogP contribution < -0.4 is 4.74 Å². The first-order chi connectivity index (χ1) is 15.9. The van der Waals surface area contributed by atoms with Gasteiger partial charge in [-0.25, -0.2) is 0 Å². The molecule has 1 aliphatic heterocycles. The molecule has 34 heavy (non-hydrogen) atoms. The third-order valence-electron chi connectivity index (χ3n) is 6.98. The quantitative estimate of drug-likeness (QED) is 0.343. The van der Waals surface area contributed by atoms with Crippen molar-refractivity contribution in [3.8, 4) is 5.75 Å². The SMILES string of the molecule is C.CN=CC1=C(C2CCC[C@@H](CC(=O)CCc3ccccc3OC(C)C)C2)N=CC(C)CC1C.[HH].[HH]. The van der Waals surface area contributed by atoms with E-state index in [0.717, 1.165) is 37.0 Å². The summed E-state index contributed by atoms with van der Waals surface area (Å²) in [5.74, 6) is 3.13. The molecule has 1 aliphatic carbocycles. The van der Waals surface area contributed by atoms with Crippen molar-refractivity contribution in [2.24, 2.45) is 33.7 Å². The summed E-state index contributed by atoms with van der Waals surface area (Å²) in [5.41, 5.74) is 3.66. The summed E-state index contributed by atoms with van der Waals surface area (Å²) >= 11 is 0. The summed E-state index contributed by atoms with van der Waals surface area (Å²) in [6.07, 6.45) is 12.0. The normalized spacial score (nSPS) is 25.4. The second-order valence-electron chi connectivity index (χ2n) is 10.4. The number of para-hydroxylation sites is 1. The summed E-state index contributed by atoms with van der Waals surface area (Å²) in [6, 6.07) is 8.11. The highest BCUT2D eigenvalue weighted by molar-refractivity contribution is 5.82. The van der Waals surface area contributed by atoms with Gasteiger partial charge in [-0.05, 0) is 80.9 Å². The molecule has 3 unspecified atom stereocenters. The summed E-state index contributed by atoms with van der Waals surface area (Å²) in [4.78, 5) is 22.2. The minimum atomic E-state index is 0. The molecule has 1 aromatic rings. The zero-order valence-electron chi connectivity index (χ0n) is 21.2. The smallest absolute Gasteiger partial charge is 0.133 e.